The van der Waals surface area contributed by atoms with E-state index in [2.05, 4.69) is 20.4 Å². The summed E-state index contributed by atoms with van der Waals surface area (Å²) in [5, 5.41) is 0. The van der Waals surface area contributed by atoms with Gasteiger partial charge >= 0.3 is 6.98 Å². The normalized spacial score (nSPS) is 21.8. The molecule has 17 heavy (non-hydrogen) atoms. The van der Waals surface area contributed by atoms with Gasteiger partial charge in [-0.1, -0.05) is 13.8 Å². The molecule has 1 aliphatic rings. The number of halogens is 3. The first-order valence-electron chi connectivity index (χ1n) is 6.20. The molecule has 0 aromatic carbocycles. The third-order valence-electron chi connectivity index (χ3n) is 3.85. The second-order valence-electron chi connectivity index (χ2n) is 6.04. The zero-order valence-electron chi connectivity index (χ0n) is 11.0. The second kappa shape index (κ2) is 5.05. The van der Waals surface area contributed by atoms with Gasteiger partial charge in [-0.25, -0.2) is 0 Å². The summed E-state index contributed by atoms with van der Waals surface area (Å²) in [6, 6.07) is 0.276. The highest BCUT2D eigenvalue weighted by molar-refractivity contribution is 6.66. The summed E-state index contributed by atoms with van der Waals surface area (Å²) < 4.78 is 37.3. The molecule has 0 amide bonds. The van der Waals surface area contributed by atoms with E-state index in [1.165, 1.54) is 0 Å². The maximum absolute atomic E-state index is 12.4. The first-order chi connectivity index (χ1) is 7.62. The van der Waals surface area contributed by atoms with Gasteiger partial charge in [0.2, 0.25) is 0 Å². The highest BCUT2D eigenvalue weighted by Crippen LogP contribution is 2.36. The number of hydrogen-bond acceptors (Lipinski definition) is 1. The van der Waals surface area contributed by atoms with Crippen molar-refractivity contribution < 1.29 is 12.9 Å². The lowest BCUT2D eigenvalue weighted by Crippen LogP contribution is -2.40. The van der Waals surface area contributed by atoms with Gasteiger partial charge in [0.25, 0.3) is 0 Å². The largest absolute Gasteiger partial charge is 0.506 e. The van der Waals surface area contributed by atoms with Crippen molar-refractivity contribution in [3.63, 3.8) is 0 Å². The summed E-state index contributed by atoms with van der Waals surface area (Å²) in [5.41, 5.74) is -0.236. The average Bonchev–Trinajstić information content (AvgIpc) is 2.15. The summed E-state index contributed by atoms with van der Waals surface area (Å²) >= 11 is 0. The lowest BCUT2D eigenvalue weighted by atomic mass is 9.74. The van der Waals surface area contributed by atoms with Crippen LogP contribution < -0.4 is 0 Å². The van der Waals surface area contributed by atoms with Gasteiger partial charge in [-0.3, -0.25) is 0 Å². The van der Waals surface area contributed by atoms with Crippen LogP contribution in [-0.4, -0.2) is 31.5 Å². The van der Waals surface area contributed by atoms with Crippen LogP contribution in [0.1, 0.15) is 39.5 Å². The van der Waals surface area contributed by atoms with Crippen LogP contribution >= 0.6 is 0 Å². The minimum absolute atomic E-state index is 0.0470. The van der Waals surface area contributed by atoms with Gasteiger partial charge in [-0.2, -0.15) is 0 Å². The highest BCUT2D eigenvalue weighted by Gasteiger charge is 2.31. The summed E-state index contributed by atoms with van der Waals surface area (Å²) in [4.78, 5) is 1.81. The molecular formula is C12H22BF3N-. The van der Waals surface area contributed by atoms with Gasteiger partial charge in [0.15, 0.2) is 0 Å². The van der Waals surface area contributed by atoms with Crippen molar-refractivity contribution in [1.82, 2.24) is 4.90 Å². The monoisotopic (exact) mass is 248 g/mol. The topological polar surface area (TPSA) is 3.24 Å². The minimum atomic E-state index is -4.89. The molecule has 1 fully saturated rings. The summed E-state index contributed by atoms with van der Waals surface area (Å²) in [7, 11) is 1.77. The number of nitrogens with zero attached hydrogens (tertiary/aromatic N) is 1. The third-order valence-corrected chi connectivity index (χ3v) is 3.85. The molecule has 5 heteroatoms. The standard InChI is InChI=1S/C12H22BF3N/c1-10(13(14,15)16)9-17(4)11-5-7-12(2,3)8-6-11/h11H,1,5-9H2,2-4H3/q-1. The Morgan fingerprint density at radius 2 is 1.76 bits per heavy atom. The molecule has 1 saturated carbocycles. The SMILES string of the molecule is C=C(CN(C)C1CCC(C)(C)CC1)[B-](F)(F)F. The molecule has 0 heterocycles. The Hall–Kier alpha value is -0.445. The summed E-state index contributed by atoms with van der Waals surface area (Å²) in [6.07, 6.45) is 4.15. The Kier molecular flexibility index (Phi) is 4.34. The molecule has 1 rings (SSSR count). The summed E-state index contributed by atoms with van der Waals surface area (Å²) in [6.45, 7) is 2.66. The molecule has 0 saturated heterocycles. The lowest BCUT2D eigenvalue weighted by Gasteiger charge is -2.39. The van der Waals surface area contributed by atoms with Gasteiger partial charge in [0.1, 0.15) is 0 Å². The molecular weight excluding hydrogens is 226 g/mol. The Bertz CT molecular complexity index is 276. The van der Waals surface area contributed by atoms with Crippen LogP contribution in [0.2, 0.25) is 0 Å². The second-order valence-corrected chi connectivity index (χ2v) is 6.04. The van der Waals surface area contributed by atoms with Crippen LogP contribution in [-0.2, 0) is 0 Å². The minimum Gasteiger partial charge on any atom is -0.445 e. The number of rotatable bonds is 4. The molecule has 0 aliphatic heterocycles. The first-order valence-corrected chi connectivity index (χ1v) is 6.20. The van der Waals surface area contributed by atoms with Gasteiger partial charge in [-0.15, -0.1) is 12.1 Å². The lowest BCUT2D eigenvalue weighted by molar-refractivity contribution is 0.135. The van der Waals surface area contributed by atoms with E-state index in [-0.39, 0.29) is 12.6 Å². The van der Waals surface area contributed by atoms with E-state index >= 15 is 0 Å². The smallest absolute Gasteiger partial charge is 0.445 e. The maximum Gasteiger partial charge on any atom is 0.506 e. The van der Waals surface area contributed by atoms with Gasteiger partial charge in [0, 0.05) is 6.04 Å². The zero-order chi connectivity index (χ0) is 13.3. The van der Waals surface area contributed by atoms with Gasteiger partial charge in [0.05, 0.1) is 0 Å². The highest BCUT2D eigenvalue weighted by atomic mass is 19.4. The fourth-order valence-corrected chi connectivity index (χ4v) is 2.38. The summed E-state index contributed by atoms with van der Waals surface area (Å²) in [5.74, 6) is 0. The molecule has 1 aliphatic carbocycles. The first kappa shape index (κ1) is 14.6. The molecule has 0 radical (unpaired) electrons. The Morgan fingerprint density at radius 1 is 1.29 bits per heavy atom. The quantitative estimate of drug-likeness (QED) is 0.683. The van der Waals surface area contributed by atoms with E-state index in [1.807, 2.05) is 4.90 Å². The van der Waals surface area contributed by atoms with Crippen molar-refractivity contribution in [3.05, 3.63) is 12.1 Å². The molecule has 0 atom stereocenters. The van der Waals surface area contributed by atoms with Crippen molar-refractivity contribution in [2.75, 3.05) is 13.6 Å². The fraction of sp³-hybridized carbons (Fsp3) is 0.833. The van der Waals surface area contributed by atoms with Crippen LogP contribution in [0.3, 0.4) is 0 Å². The number of hydrogen-bond donors (Lipinski definition) is 0. The Balaban J connectivity index is 2.45. The molecule has 0 spiro atoms. The molecule has 0 aromatic rings. The van der Waals surface area contributed by atoms with E-state index in [0.29, 0.717) is 5.41 Å². The van der Waals surface area contributed by atoms with E-state index in [1.54, 1.807) is 7.05 Å². The predicted molar refractivity (Wildman–Crippen MR) is 66.9 cm³/mol. The fourth-order valence-electron chi connectivity index (χ4n) is 2.38. The van der Waals surface area contributed by atoms with Crippen molar-refractivity contribution in [2.45, 2.75) is 45.6 Å². The van der Waals surface area contributed by atoms with Crippen molar-refractivity contribution >= 4 is 6.98 Å². The maximum atomic E-state index is 12.4. The van der Waals surface area contributed by atoms with Crippen molar-refractivity contribution in [3.8, 4) is 0 Å². The molecule has 0 bridgehead atoms. The average molecular weight is 248 g/mol. The third kappa shape index (κ3) is 4.38. The van der Waals surface area contributed by atoms with Crippen LogP contribution in [0.4, 0.5) is 12.9 Å². The van der Waals surface area contributed by atoms with Gasteiger partial charge < -0.3 is 17.8 Å². The van der Waals surface area contributed by atoms with E-state index < -0.39 is 12.4 Å². The molecule has 0 unspecified atom stereocenters. The van der Waals surface area contributed by atoms with Crippen LogP contribution in [0.5, 0.6) is 0 Å². The van der Waals surface area contributed by atoms with Gasteiger partial charge in [-0.05, 0) is 44.7 Å². The van der Waals surface area contributed by atoms with Crippen molar-refractivity contribution in [2.24, 2.45) is 5.41 Å². The molecule has 1 nitrogen and oxygen atoms in total. The van der Waals surface area contributed by atoms with Crippen LogP contribution in [0.25, 0.3) is 0 Å². The molecule has 100 valence electrons. The van der Waals surface area contributed by atoms with Crippen LogP contribution in [0, 0.1) is 5.41 Å². The predicted octanol–water partition coefficient (Wildman–Crippen LogP) is 3.83. The van der Waals surface area contributed by atoms with E-state index in [0.717, 1.165) is 25.7 Å². The van der Waals surface area contributed by atoms with Crippen molar-refractivity contribution in [1.29, 1.82) is 0 Å². The Labute approximate surface area is 102 Å². The zero-order valence-corrected chi connectivity index (χ0v) is 11.0. The molecule has 0 N–H and O–H groups in total. The number of likely N-dealkylation sites (N-methyl/N-ethyl adjacent to an activating group) is 1. The molecule has 0 aromatic heterocycles. The van der Waals surface area contributed by atoms with E-state index in [4.69, 9.17) is 0 Å². The Morgan fingerprint density at radius 3 is 2.18 bits per heavy atom. The van der Waals surface area contributed by atoms with E-state index in [9.17, 15) is 12.9 Å². The van der Waals surface area contributed by atoms with Crippen LogP contribution in [0.15, 0.2) is 12.1 Å².